The number of nitriles is 1. The molecule has 1 fully saturated rings. The molecule has 6 heteroatoms. The number of hydrogen-bond donors (Lipinski definition) is 0. The standard InChI is InChI=1S/C14H15BN2O2S/c1-13(2)14(3,4)19-15(18-13)9-5-6-10-11(7-9)20-12(8-16)17-10/h5-7H,1-4H3. The van der Waals surface area contributed by atoms with Crippen molar-refractivity contribution in [1.29, 1.82) is 5.26 Å². The Balaban J connectivity index is 1.98. The first-order valence-electron chi connectivity index (χ1n) is 6.49. The summed E-state index contributed by atoms with van der Waals surface area (Å²) in [5, 5.41) is 9.38. The number of thiazole rings is 1. The van der Waals surface area contributed by atoms with E-state index in [1.807, 2.05) is 45.9 Å². The average molecular weight is 286 g/mol. The van der Waals surface area contributed by atoms with Gasteiger partial charge in [-0.05, 0) is 45.3 Å². The van der Waals surface area contributed by atoms with Gasteiger partial charge in [-0.15, -0.1) is 11.3 Å². The van der Waals surface area contributed by atoms with Gasteiger partial charge in [0.2, 0.25) is 0 Å². The predicted molar refractivity (Wildman–Crippen MR) is 80.1 cm³/mol. The highest BCUT2D eigenvalue weighted by Crippen LogP contribution is 2.36. The van der Waals surface area contributed by atoms with Crippen molar-refractivity contribution in [2.24, 2.45) is 0 Å². The molecule has 1 aliphatic rings. The van der Waals surface area contributed by atoms with Crippen molar-refractivity contribution in [3.8, 4) is 6.07 Å². The molecule has 3 rings (SSSR count). The minimum atomic E-state index is -0.378. The van der Waals surface area contributed by atoms with Crippen LogP contribution >= 0.6 is 11.3 Å². The lowest BCUT2D eigenvalue weighted by molar-refractivity contribution is 0.00578. The van der Waals surface area contributed by atoms with Crippen LogP contribution in [-0.2, 0) is 9.31 Å². The maximum atomic E-state index is 8.91. The van der Waals surface area contributed by atoms with Crippen LogP contribution < -0.4 is 5.46 Å². The Morgan fingerprint density at radius 1 is 1.20 bits per heavy atom. The van der Waals surface area contributed by atoms with Crippen LogP contribution in [0.2, 0.25) is 0 Å². The summed E-state index contributed by atoms with van der Waals surface area (Å²) < 4.78 is 13.0. The predicted octanol–water partition coefficient (Wildman–Crippen LogP) is 2.47. The fraction of sp³-hybridized carbons (Fsp3) is 0.429. The molecule has 1 aliphatic heterocycles. The largest absolute Gasteiger partial charge is 0.494 e. The molecule has 0 atom stereocenters. The molecule has 20 heavy (non-hydrogen) atoms. The highest BCUT2D eigenvalue weighted by Gasteiger charge is 2.51. The lowest BCUT2D eigenvalue weighted by Crippen LogP contribution is -2.41. The molecule has 0 N–H and O–H groups in total. The van der Waals surface area contributed by atoms with Gasteiger partial charge in [-0.25, -0.2) is 4.98 Å². The Bertz CT molecular complexity index is 702. The summed E-state index contributed by atoms with van der Waals surface area (Å²) >= 11 is 1.39. The van der Waals surface area contributed by atoms with Crippen LogP contribution in [0.25, 0.3) is 10.2 Å². The molecule has 1 saturated heterocycles. The third kappa shape index (κ3) is 2.03. The summed E-state index contributed by atoms with van der Waals surface area (Å²) in [5.74, 6) is 0. The van der Waals surface area contributed by atoms with Crippen molar-refractivity contribution in [1.82, 2.24) is 4.98 Å². The van der Waals surface area contributed by atoms with Crippen LogP contribution in [0, 0.1) is 11.3 Å². The highest BCUT2D eigenvalue weighted by atomic mass is 32.1. The molecule has 0 aliphatic carbocycles. The topological polar surface area (TPSA) is 55.1 Å². The number of benzene rings is 1. The maximum Gasteiger partial charge on any atom is 0.494 e. The Labute approximate surface area is 122 Å². The molecule has 0 unspecified atom stereocenters. The molecule has 0 spiro atoms. The minimum absolute atomic E-state index is 0.349. The number of aromatic nitrogens is 1. The summed E-state index contributed by atoms with van der Waals surface area (Å²) in [7, 11) is -0.378. The van der Waals surface area contributed by atoms with E-state index < -0.39 is 0 Å². The second-order valence-electron chi connectivity index (χ2n) is 5.95. The van der Waals surface area contributed by atoms with E-state index >= 15 is 0 Å². The van der Waals surface area contributed by atoms with E-state index in [0.717, 1.165) is 15.7 Å². The molecular formula is C14H15BN2O2S. The van der Waals surface area contributed by atoms with Crippen molar-refractivity contribution in [2.75, 3.05) is 0 Å². The quantitative estimate of drug-likeness (QED) is 0.756. The molecule has 102 valence electrons. The van der Waals surface area contributed by atoms with Gasteiger partial charge in [0.05, 0.1) is 21.4 Å². The second-order valence-corrected chi connectivity index (χ2v) is 6.98. The van der Waals surface area contributed by atoms with Crippen molar-refractivity contribution in [2.45, 2.75) is 38.9 Å². The zero-order valence-electron chi connectivity index (χ0n) is 11.9. The van der Waals surface area contributed by atoms with Crippen LogP contribution in [0.5, 0.6) is 0 Å². The monoisotopic (exact) mass is 286 g/mol. The first-order valence-corrected chi connectivity index (χ1v) is 7.30. The Hall–Kier alpha value is -1.42. The van der Waals surface area contributed by atoms with Crippen LogP contribution in [0.1, 0.15) is 32.7 Å². The first-order chi connectivity index (χ1) is 9.32. The summed E-state index contributed by atoms with van der Waals surface area (Å²) in [5.41, 5.74) is 1.10. The number of rotatable bonds is 1. The third-order valence-corrected chi connectivity index (χ3v) is 4.96. The Morgan fingerprint density at radius 3 is 2.45 bits per heavy atom. The lowest BCUT2D eigenvalue weighted by Gasteiger charge is -2.32. The molecule has 0 radical (unpaired) electrons. The summed E-state index contributed by atoms with van der Waals surface area (Å²) in [4.78, 5) is 4.23. The van der Waals surface area contributed by atoms with E-state index in [4.69, 9.17) is 14.6 Å². The van der Waals surface area contributed by atoms with Crippen LogP contribution in [0.15, 0.2) is 18.2 Å². The first kappa shape index (κ1) is 13.6. The fourth-order valence-corrected chi connectivity index (χ4v) is 2.93. The van der Waals surface area contributed by atoms with Gasteiger partial charge in [-0.2, -0.15) is 5.26 Å². The average Bonchev–Trinajstić information content (AvgIpc) is 2.87. The van der Waals surface area contributed by atoms with Gasteiger partial charge in [-0.3, -0.25) is 0 Å². The molecule has 0 bridgehead atoms. The van der Waals surface area contributed by atoms with Crippen LogP contribution in [-0.4, -0.2) is 23.3 Å². The van der Waals surface area contributed by atoms with E-state index in [2.05, 4.69) is 11.1 Å². The maximum absolute atomic E-state index is 8.91. The number of nitrogens with zero attached hydrogens (tertiary/aromatic N) is 2. The molecular weight excluding hydrogens is 271 g/mol. The van der Waals surface area contributed by atoms with Crippen molar-refractivity contribution < 1.29 is 9.31 Å². The normalized spacial score (nSPS) is 20.2. The summed E-state index contributed by atoms with van der Waals surface area (Å²) in [6, 6.07) is 7.93. The van der Waals surface area contributed by atoms with E-state index in [0.29, 0.717) is 5.01 Å². The second kappa shape index (κ2) is 4.29. The highest BCUT2D eigenvalue weighted by molar-refractivity contribution is 7.19. The zero-order valence-corrected chi connectivity index (χ0v) is 12.7. The molecule has 0 saturated carbocycles. The van der Waals surface area contributed by atoms with Crippen molar-refractivity contribution in [3.63, 3.8) is 0 Å². The lowest BCUT2D eigenvalue weighted by atomic mass is 9.79. The smallest absolute Gasteiger partial charge is 0.399 e. The molecule has 4 nitrogen and oxygen atoms in total. The van der Waals surface area contributed by atoms with Gasteiger partial charge in [0, 0.05) is 0 Å². The van der Waals surface area contributed by atoms with E-state index in [1.54, 1.807) is 0 Å². The molecule has 1 aromatic carbocycles. The molecule has 2 heterocycles. The molecule has 2 aromatic rings. The Morgan fingerprint density at radius 2 is 1.85 bits per heavy atom. The van der Waals surface area contributed by atoms with Gasteiger partial charge in [0.25, 0.3) is 0 Å². The minimum Gasteiger partial charge on any atom is -0.399 e. The van der Waals surface area contributed by atoms with Gasteiger partial charge >= 0.3 is 7.12 Å². The van der Waals surface area contributed by atoms with Crippen LogP contribution in [0.3, 0.4) is 0 Å². The molecule has 1 aromatic heterocycles. The summed E-state index contributed by atoms with van der Waals surface area (Å²) in [6.07, 6.45) is 0. The van der Waals surface area contributed by atoms with Gasteiger partial charge in [-0.1, -0.05) is 6.07 Å². The number of hydrogen-bond acceptors (Lipinski definition) is 5. The fourth-order valence-electron chi connectivity index (χ4n) is 2.11. The van der Waals surface area contributed by atoms with Gasteiger partial charge < -0.3 is 9.31 Å². The van der Waals surface area contributed by atoms with Crippen LogP contribution in [0.4, 0.5) is 0 Å². The summed E-state index contributed by atoms with van der Waals surface area (Å²) in [6.45, 7) is 8.13. The van der Waals surface area contributed by atoms with E-state index in [-0.39, 0.29) is 18.3 Å². The SMILES string of the molecule is CC1(C)OB(c2ccc3nc(C#N)sc3c2)OC1(C)C. The van der Waals surface area contributed by atoms with E-state index in [9.17, 15) is 0 Å². The van der Waals surface area contributed by atoms with Crippen molar-refractivity contribution >= 4 is 34.1 Å². The van der Waals surface area contributed by atoms with E-state index in [1.165, 1.54) is 11.3 Å². The van der Waals surface area contributed by atoms with Gasteiger partial charge in [0.15, 0.2) is 5.01 Å². The molecule has 0 amide bonds. The zero-order chi connectivity index (χ0) is 14.5. The van der Waals surface area contributed by atoms with Gasteiger partial charge in [0.1, 0.15) is 6.07 Å². The third-order valence-electron chi connectivity index (χ3n) is 4.03. The number of fused-ring (bicyclic) bond motifs is 1. The van der Waals surface area contributed by atoms with Crippen molar-refractivity contribution in [3.05, 3.63) is 23.2 Å². The Kier molecular flexibility index (Phi) is 2.91.